The largest absolute Gasteiger partial charge is 0.417 e. The molecule has 2 aliphatic rings. The fourth-order valence-electron chi connectivity index (χ4n) is 3.73. The highest BCUT2D eigenvalue weighted by Gasteiger charge is 2.53. The van der Waals surface area contributed by atoms with Crippen LogP contribution >= 0.6 is 0 Å². The van der Waals surface area contributed by atoms with Crippen LogP contribution in [0.4, 0.5) is 13.2 Å². The Morgan fingerprint density at radius 3 is 2.20 bits per heavy atom. The molecule has 0 heterocycles. The highest BCUT2D eigenvalue weighted by Crippen LogP contribution is 2.53. The molecule has 4 rings (SSSR count). The predicted molar refractivity (Wildman–Crippen MR) is 105 cm³/mol. The minimum atomic E-state index is -4.63. The third-order valence-corrected chi connectivity index (χ3v) is 5.63. The SMILES string of the molecule is CC(C)[C@@](N[C@@H]1c2ccc(-c3ccccc3)c1c2C(F)(F)F)(OS(C)(=O)=O)C(N)=O. The molecule has 0 saturated heterocycles. The standard InChI is InChI=1S/C20H21F3N2O4S/c1-11(2)19(18(24)26,29-30(3,27)28)25-17-14-10-9-13(12-7-5-4-6-8-12)15(17)16(14)20(21,22)23/h4-11,17,25H,1-3H3,(H2,24,26)/t17-,19-/m1/s1. The fraction of sp³-hybridized carbons (Fsp3) is 0.350. The Morgan fingerprint density at radius 1 is 1.13 bits per heavy atom. The molecule has 3 N–H and O–H groups in total. The molecule has 10 heteroatoms. The second-order valence-electron chi connectivity index (χ2n) is 7.47. The average Bonchev–Trinajstić information content (AvgIpc) is 2.62. The second kappa shape index (κ2) is 7.36. The zero-order valence-corrected chi connectivity index (χ0v) is 17.3. The van der Waals surface area contributed by atoms with E-state index in [1.165, 1.54) is 19.9 Å². The molecule has 0 saturated carbocycles. The molecule has 162 valence electrons. The topological polar surface area (TPSA) is 98.5 Å². The summed E-state index contributed by atoms with van der Waals surface area (Å²) < 4.78 is 69.8. The maximum absolute atomic E-state index is 13.7. The first kappa shape index (κ1) is 22.3. The van der Waals surface area contributed by atoms with Gasteiger partial charge in [-0.2, -0.15) is 21.6 Å². The van der Waals surface area contributed by atoms with Crippen molar-refractivity contribution >= 4 is 16.0 Å². The highest BCUT2D eigenvalue weighted by atomic mass is 32.2. The number of rotatable bonds is 7. The monoisotopic (exact) mass is 442 g/mol. The highest BCUT2D eigenvalue weighted by molar-refractivity contribution is 7.86. The van der Waals surface area contributed by atoms with Crippen LogP contribution in [0.1, 0.15) is 36.6 Å². The van der Waals surface area contributed by atoms with Crippen molar-refractivity contribution in [2.75, 3.05) is 6.26 Å². The van der Waals surface area contributed by atoms with E-state index in [1.807, 2.05) is 0 Å². The van der Waals surface area contributed by atoms with Crippen molar-refractivity contribution < 1.29 is 30.6 Å². The number of nitrogens with one attached hydrogen (secondary N) is 1. The summed E-state index contributed by atoms with van der Waals surface area (Å²) in [5, 5.41) is 2.68. The molecule has 2 aromatic carbocycles. The van der Waals surface area contributed by atoms with E-state index < -0.39 is 45.4 Å². The van der Waals surface area contributed by atoms with E-state index in [1.54, 1.807) is 36.4 Å². The van der Waals surface area contributed by atoms with Gasteiger partial charge in [0.25, 0.3) is 16.0 Å². The number of hydrogen-bond acceptors (Lipinski definition) is 5. The number of benzene rings is 2. The van der Waals surface area contributed by atoms with Gasteiger partial charge < -0.3 is 5.73 Å². The molecule has 2 aromatic rings. The molecular weight excluding hydrogens is 421 g/mol. The summed E-state index contributed by atoms with van der Waals surface area (Å²) in [5.41, 5.74) is 3.09. The van der Waals surface area contributed by atoms with E-state index >= 15 is 0 Å². The Balaban J connectivity index is 2.15. The summed E-state index contributed by atoms with van der Waals surface area (Å²) in [6.07, 6.45) is -3.89. The number of carbonyl (C=O) groups is 1. The van der Waals surface area contributed by atoms with Gasteiger partial charge in [-0.3, -0.25) is 10.1 Å². The van der Waals surface area contributed by atoms with E-state index in [9.17, 15) is 26.4 Å². The maximum Gasteiger partial charge on any atom is 0.417 e. The first-order chi connectivity index (χ1) is 13.8. The van der Waals surface area contributed by atoms with Crippen molar-refractivity contribution in [3.8, 4) is 11.1 Å². The number of hydrogen-bond donors (Lipinski definition) is 2. The Labute approximate surface area is 172 Å². The van der Waals surface area contributed by atoms with Gasteiger partial charge in [-0.25, -0.2) is 4.18 Å². The summed E-state index contributed by atoms with van der Waals surface area (Å²) in [7, 11) is -4.17. The molecule has 0 aromatic heterocycles. The quantitative estimate of drug-likeness (QED) is 0.507. The van der Waals surface area contributed by atoms with Crippen molar-refractivity contribution in [2.24, 2.45) is 11.7 Å². The van der Waals surface area contributed by atoms with Crippen molar-refractivity contribution in [1.29, 1.82) is 0 Å². The molecule has 2 atom stereocenters. The number of fused-ring (bicyclic) bond motifs is 2. The lowest BCUT2D eigenvalue weighted by molar-refractivity contribution is -0.145. The van der Waals surface area contributed by atoms with Gasteiger partial charge in [-0.05, 0) is 22.3 Å². The van der Waals surface area contributed by atoms with Gasteiger partial charge >= 0.3 is 6.18 Å². The van der Waals surface area contributed by atoms with Crippen LogP contribution in [0, 0.1) is 5.92 Å². The normalized spacial score (nSPS) is 18.0. The molecule has 2 aliphatic carbocycles. The zero-order valence-electron chi connectivity index (χ0n) is 16.4. The number of nitrogens with two attached hydrogens (primary N) is 1. The maximum atomic E-state index is 13.7. The molecule has 2 bridgehead atoms. The van der Waals surface area contributed by atoms with Gasteiger partial charge in [0.1, 0.15) is 0 Å². The van der Waals surface area contributed by atoms with Crippen molar-refractivity contribution in [1.82, 2.24) is 5.32 Å². The zero-order chi connectivity index (χ0) is 22.5. The summed E-state index contributed by atoms with van der Waals surface area (Å²) in [6, 6.07) is 10.2. The summed E-state index contributed by atoms with van der Waals surface area (Å²) in [6.45, 7) is 2.97. The molecule has 1 amide bonds. The Kier molecular flexibility index (Phi) is 5.46. The van der Waals surface area contributed by atoms with Gasteiger partial charge in [0.2, 0.25) is 5.72 Å². The van der Waals surface area contributed by atoms with Crippen LogP contribution in [-0.4, -0.2) is 26.3 Å². The number of carbonyl (C=O) groups excluding carboxylic acids is 1. The van der Waals surface area contributed by atoms with E-state index in [-0.39, 0.29) is 11.1 Å². The van der Waals surface area contributed by atoms with Gasteiger partial charge in [0, 0.05) is 5.92 Å². The predicted octanol–water partition coefficient (Wildman–Crippen LogP) is 3.18. The lowest BCUT2D eigenvalue weighted by atomic mass is 9.73. The fourth-order valence-corrected chi connectivity index (χ4v) is 4.53. The smallest absolute Gasteiger partial charge is 0.366 e. The van der Waals surface area contributed by atoms with Crippen LogP contribution in [0.3, 0.4) is 0 Å². The van der Waals surface area contributed by atoms with Crippen LogP contribution in [0.15, 0.2) is 42.5 Å². The first-order valence-electron chi connectivity index (χ1n) is 9.05. The Hall–Kier alpha value is -2.43. The minimum absolute atomic E-state index is 0.0884. The molecule has 0 aliphatic heterocycles. The van der Waals surface area contributed by atoms with Crippen molar-refractivity contribution in [2.45, 2.75) is 31.8 Å². The van der Waals surface area contributed by atoms with Crippen LogP contribution in [0.25, 0.3) is 11.1 Å². The summed E-state index contributed by atoms with van der Waals surface area (Å²) >= 11 is 0. The number of primary amides is 1. The van der Waals surface area contributed by atoms with Gasteiger partial charge in [0.15, 0.2) is 0 Å². The van der Waals surface area contributed by atoms with Gasteiger partial charge in [-0.1, -0.05) is 56.3 Å². The van der Waals surface area contributed by atoms with Crippen LogP contribution in [0.2, 0.25) is 0 Å². The third kappa shape index (κ3) is 3.82. The second-order valence-corrected chi connectivity index (χ2v) is 9.05. The lowest BCUT2D eigenvalue weighted by Gasteiger charge is -2.43. The Morgan fingerprint density at radius 2 is 1.73 bits per heavy atom. The van der Waals surface area contributed by atoms with E-state index in [2.05, 4.69) is 5.32 Å². The van der Waals surface area contributed by atoms with E-state index in [0.717, 1.165) is 6.26 Å². The van der Waals surface area contributed by atoms with Gasteiger partial charge in [0.05, 0.1) is 17.9 Å². The van der Waals surface area contributed by atoms with E-state index in [4.69, 9.17) is 9.92 Å². The first-order valence-corrected chi connectivity index (χ1v) is 10.9. The van der Waals surface area contributed by atoms with Crippen molar-refractivity contribution in [3.05, 3.63) is 59.2 Å². The molecule has 0 radical (unpaired) electrons. The molecule has 0 fully saturated rings. The van der Waals surface area contributed by atoms with Crippen molar-refractivity contribution in [3.63, 3.8) is 0 Å². The van der Waals surface area contributed by atoms with E-state index in [0.29, 0.717) is 11.1 Å². The molecule has 6 nitrogen and oxygen atoms in total. The summed E-state index contributed by atoms with van der Waals surface area (Å²) in [5.74, 6) is -1.95. The molecular formula is C20H21F3N2O4S. The molecule has 0 spiro atoms. The third-order valence-electron chi connectivity index (χ3n) is 5.07. The lowest BCUT2D eigenvalue weighted by Crippen LogP contribution is -2.63. The van der Waals surface area contributed by atoms with Gasteiger partial charge in [-0.15, -0.1) is 0 Å². The van der Waals surface area contributed by atoms with Crippen LogP contribution in [-0.2, 0) is 25.3 Å². The minimum Gasteiger partial charge on any atom is -0.366 e. The molecule has 30 heavy (non-hydrogen) atoms. The van der Waals surface area contributed by atoms with Crippen LogP contribution in [0.5, 0.6) is 0 Å². The number of halogens is 3. The Bertz CT molecular complexity index is 1090. The number of amides is 1. The molecule has 0 unspecified atom stereocenters. The number of alkyl halides is 3. The average molecular weight is 442 g/mol. The summed E-state index contributed by atoms with van der Waals surface area (Å²) in [4.78, 5) is 12.3. The van der Waals surface area contributed by atoms with Crippen LogP contribution < -0.4 is 11.1 Å².